The van der Waals surface area contributed by atoms with Gasteiger partial charge in [0.15, 0.2) is 6.10 Å². The number of methoxy groups -OCH3 is 1. The van der Waals surface area contributed by atoms with Crippen molar-refractivity contribution in [2.75, 3.05) is 7.11 Å². The lowest BCUT2D eigenvalue weighted by Crippen LogP contribution is -2.39. The van der Waals surface area contributed by atoms with Gasteiger partial charge >= 0.3 is 12.1 Å². The second-order valence-electron chi connectivity index (χ2n) is 4.70. The largest absolute Gasteiger partial charge is 0.453 e. The molecule has 0 unspecified atom stereocenters. The third-order valence-electron chi connectivity index (χ3n) is 3.00. The molecule has 2 amide bonds. The van der Waals surface area contributed by atoms with Crippen molar-refractivity contribution in [3.8, 4) is 10.4 Å². The zero-order valence-electron chi connectivity index (χ0n) is 12.9. The summed E-state index contributed by atoms with van der Waals surface area (Å²) in [6.07, 6.45) is -2.09. The number of alkyl carbamates (subject to hydrolysis) is 1. The molecular weight excluding hydrogens is 337 g/mol. The minimum absolute atomic E-state index is 0.284. The Morgan fingerprint density at radius 1 is 1.12 bits per heavy atom. The van der Waals surface area contributed by atoms with Crippen LogP contribution in [0.3, 0.4) is 0 Å². The number of ether oxygens (including phenoxy) is 2. The fourth-order valence-electron chi connectivity index (χ4n) is 1.74. The summed E-state index contributed by atoms with van der Waals surface area (Å²) in [5.41, 5.74) is 0.761. The molecule has 1 atom stereocenters. The first-order valence-electron chi connectivity index (χ1n) is 6.86. The minimum atomic E-state index is -1.16. The standard InChI is InChI=1S/C16H14FNO5S/c1-9(14(19)18-16(21)22-2)23-15(20)13-8-7-12(24-13)10-3-5-11(17)6-4-10/h3-9H,1-2H3,(H,18,19,21)/t9-/m1/s1. The molecular formula is C16H14FNO5S. The van der Waals surface area contributed by atoms with Crippen molar-refractivity contribution in [3.05, 3.63) is 47.1 Å². The van der Waals surface area contributed by atoms with Gasteiger partial charge in [-0.1, -0.05) is 12.1 Å². The van der Waals surface area contributed by atoms with E-state index in [1.54, 1.807) is 24.3 Å². The van der Waals surface area contributed by atoms with E-state index in [0.717, 1.165) is 28.9 Å². The molecule has 8 heteroatoms. The molecule has 0 saturated heterocycles. The van der Waals surface area contributed by atoms with Crippen molar-refractivity contribution in [1.82, 2.24) is 5.32 Å². The number of nitrogens with one attached hydrogen (secondary N) is 1. The quantitative estimate of drug-likeness (QED) is 0.857. The summed E-state index contributed by atoms with van der Waals surface area (Å²) >= 11 is 1.15. The first kappa shape index (κ1) is 17.6. The lowest BCUT2D eigenvalue weighted by molar-refractivity contribution is -0.128. The Hall–Kier alpha value is -2.74. The number of amides is 2. The summed E-state index contributed by atoms with van der Waals surface area (Å²) in [6, 6.07) is 9.11. The SMILES string of the molecule is COC(=O)NC(=O)[C@@H](C)OC(=O)c1ccc(-c2ccc(F)cc2)s1. The molecule has 0 aliphatic carbocycles. The molecule has 0 fully saturated rings. The zero-order valence-corrected chi connectivity index (χ0v) is 13.7. The third-order valence-corrected chi connectivity index (χ3v) is 4.11. The molecule has 0 aliphatic heterocycles. The van der Waals surface area contributed by atoms with Crippen molar-refractivity contribution >= 4 is 29.3 Å². The van der Waals surface area contributed by atoms with E-state index < -0.39 is 24.1 Å². The van der Waals surface area contributed by atoms with Crippen LogP contribution >= 0.6 is 11.3 Å². The summed E-state index contributed by atoms with van der Waals surface area (Å²) in [7, 11) is 1.11. The maximum Gasteiger partial charge on any atom is 0.413 e. The van der Waals surface area contributed by atoms with Gasteiger partial charge in [0.25, 0.3) is 5.91 Å². The molecule has 6 nitrogen and oxygen atoms in total. The molecule has 1 aromatic heterocycles. The van der Waals surface area contributed by atoms with Crippen LogP contribution in [0, 0.1) is 5.82 Å². The second-order valence-corrected chi connectivity index (χ2v) is 5.78. The van der Waals surface area contributed by atoms with Gasteiger partial charge in [-0.2, -0.15) is 0 Å². The predicted octanol–water partition coefficient (Wildman–Crippen LogP) is 2.98. The number of carbonyl (C=O) groups is 3. The number of hydrogen-bond acceptors (Lipinski definition) is 6. The van der Waals surface area contributed by atoms with Crippen LogP contribution in [0.4, 0.5) is 9.18 Å². The van der Waals surface area contributed by atoms with E-state index in [-0.39, 0.29) is 10.7 Å². The van der Waals surface area contributed by atoms with Crippen LogP contribution in [0.1, 0.15) is 16.6 Å². The van der Waals surface area contributed by atoms with E-state index >= 15 is 0 Å². The molecule has 1 N–H and O–H groups in total. The van der Waals surface area contributed by atoms with E-state index in [1.165, 1.54) is 19.1 Å². The Kier molecular flexibility index (Phi) is 5.64. The van der Waals surface area contributed by atoms with Crippen LogP contribution in [-0.2, 0) is 14.3 Å². The number of carbonyl (C=O) groups excluding carboxylic acids is 3. The molecule has 0 radical (unpaired) electrons. The molecule has 0 aliphatic rings. The van der Waals surface area contributed by atoms with E-state index in [9.17, 15) is 18.8 Å². The topological polar surface area (TPSA) is 81.7 Å². The summed E-state index contributed by atoms with van der Waals surface area (Å²) in [6.45, 7) is 1.34. The number of rotatable bonds is 4. The summed E-state index contributed by atoms with van der Waals surface area (Å²) < 4.78 is 22.2. The van der Waals surface area contributed by atoms with Gasteiger partial charge < -0.3 is 9.47 Å². The molecule has 0 saturated carbocycles. The Bertz CT molecular complexity index is 756. The molecule has 1 aromatic carbocycles. The monoisotopic (exact) mass is 351 g/mol. The number of hydrogen-bond donors (Lipinski definition) is 1. The number of benzene rings is 1. The lowest BCUT2D eigenvalue weighted by atomic mass is 10.2. The van der Waals surface area contributed by atoms with Crippen LogP contribution in [0.15, 0.2) is 36.4 Å². The van der Waals surface area contributed by atoms with Gasteiger partial charge in [0, 0.05) is 4.88 Å². The number of imide groups is 1. The third kappa shape index (κ3) is 4.39. The van der Waals surface area contributed by atoms with Crippen LogP contribution in [0.5, 0.6) is 0 Å². The van der Waals surface area contributed by atoms with E-state index in [4.69, 9.17) is 4.74 Å². The molecule has 0 spiro atoms. The highest BCUT2D eigenvalue weighted by Crippen LogP contribution is 2.28. The van der Waals surface area contributed by atoms with E-state index in [0.29, 0.717) is 0 Å². The fraction of sp³-hybridized carbons (Fsp3) is 0.188. The van der Waals surface area contributed by atoms with Crippen LogP contribution in [-0.4, -0.2) is 31.2 Å². The van der Waals surface area contributed by atoms with Crippen LogP contribution in [0.2, 0.25) is 0 Å². The highest BCUT2D eigenvalue weighted by atomic mass is 32.1. The van der Waals surface area contributed by atoms with Crippen molar-refractivity contribution in [3.63, 3.8) is 0 Å². The normalized spacial score (nSPS) is 11.5. The van der Waals surface area contributed by atoms with Gasteiger partial charge in [-0.3, -0.25) is 10.1 Å². The Labute approximate surface area is 141 Å². The lowest BCUT2D eigenvalue weighted by Gasteiger charge is -2.11. The van der Waals surface area contributed by atoms with Crippen molar-refractivity contribution < 1.29 is 28.2 Å². The highest BCUT2D eigenvalue weighted by Gasteiger charge is 2.22. The Morgan fingerprint density at radius 2 is 1.79 bits per heavy atom. The Balaban J connectivity index is 2.02. The highest BCUT2D eigenvalue weighted by molar-refractivity contribution is 7.17. The van der Waals surface area contributed by atoms with Gasteiger partial charge in [0.2, 0.25) is 0 Å². The van der Waals surface area contributed by atoms with Gasteiger partial charge in [-0.25, -0.2) is 14.0 Å². The molecule has 1 heterocycles. The van der Waals surface area contributed by atoms with Crippen LogP contribution < -0.4 is 5.32 Å². The fourth-order valence-corrected chi connectivity index (χ4v) is 2.64. The molecule has 126 valence electrons. The number of thiophene rings is 1. The van der Waals surface area contributed by atoms with Gasteiger partial charge in [-0.05, 0) is 36.8 Å². The summed E-state index contributed by atoms with van der Waals surface area (Å²) in [5.74, 6) is -1.83. The molecule has 0 bridgehead atoms. The van der Waals surface area contributed by atoms with Crippen molar-refractivity contribution in [2.45, 2.75) is 13.0 Å². The Morgan fingerprint density at radius 3 is 2.42 bits per heavy atom. The van der Waals surface area contributed by atoms with Crippen molar-refractivity contribution in [2.24, 2.45) is 0 Å². The van der Waals surface area contributed by atoms with E-state index in [2.05, 4.69) is 4.74 Å². The maximum atomic E-state index is 12.9. The van der Waals surface area contributed by atoms with E-state index in [1.807, 2.05) is 5.32 Å². The van der Waals surface area contributed by atoms with Gasteiger partial charge in [-0.15, -0.1) is 11.3 Å². The summed E-state index contributed by atoms with van der Waals surface area (Å²) in [5, 5.41) is 1.91. The molecule has 2 aromatic rings. The number of esters is 1. The molecule has 24 heavy (non-hydrogen) atoms. The summed E-state index contributed by atoms with van der Waals surface area (Å²) in [4.78, 5) is 35.7. The van der Waals surface area contributed by atoms with Crippen molar-refractivity contribution in [1.29, 1.82) is 0 Å². The van der Waals surface area contributed by atoms with Crippen LogP contribution in [0.25, 0.3) is 10.4 Å². The zero-order chi connectivity index (χ0) is 17.7. The van der Waals surface area contributed by atoms with Gasteiger partial charge in [0.05, 0.1) is 7.11 Å². The predicted molar refractivity (Wildman–Crippen MR) is 85.1 cm³/mol. The smallest absolute Gasteiger partial charge is 0.413 e. The second kappa shape index (κ2) is 7.69. The average molecular weight is 351 g/mol. The van der Waals surface area contributed by atoms with Gasteiger partial charge in [0.1, 0.15) is 10.7 Å². The average Bonchev–Trinajstić information content (AvgIpc) is 3.05. The first-order valence-corrected chi connectivity index (χ1v) is 7.68. The molecule has 2 rings (SSSR count). The minimum Gasteiger partial charge on any atom is -0.453 e. The first-order chi connectivity index (χ1) is 11.4. The maximum absolute atomic E-state index is 12.9. The number of halogens is 1.